The number of carbonyl (C=O) groups excluding carboxylic acids is 2. The maximum atomic E-state index is 10.6. The van der Waals surface area contributed by atoms with Crippen molar-refractivity contribution in [2.24, 2.45) is 9.98 Å². The third kappa shape index (κ3) is 17.2. The van der Waals surface area contributed by atoms with Gasteiger partial charge in [0.1, 0.15) is 0 Å². The van der Waals surface area contributed by atoms with Crippen molar-refractivity contribution in [1.82, 2.24) is 0 Å². The molecule has 9 heteroatoms. The number of hydrogen-bond donors (Lipinski definition) is 1. The summed E-state index contributed by atoms with van der Waals surface area (Å²) in [7, 11) is 0. The second-order valence-corrected chi connectivity index (χ2v) is 3.67. The highest BCUT2D eigenvalue weighted by Gasteiger charge is 2.38. The second kappa shape index (κ2) is 14.2. The zero-order valence-electron chi connectivity index (χ0n) is 12.2. The van der Waals surface area contributed by atoms with E-state index in [9.17, 15) is 22.8 Å². The Hall–Kier alpha value is -2.76. The van der Waals surface area contributed by atoms with Gasteiger partial charge in [-0.1, -0.05) is 31.5 Å². The van der Waals surface area contributed by atoms with E-state index in [2.05, 4.69) is 16.9 Å². The number of benzene rings is 1. The molecule has 1 rings (SSSR count). The summed E-state index contributed by atoms with van der Waals surface area (Å²) in [5.74, 6) is -2.76. The van der Waals surface area contributed by atoms with E-state index in [1.807, 2.05) is 18.2 Å². The topological polar surface area (TPSA) is 96.2 Å². The summed E-state index contributed by atoms with van der Waals surface area (Å²) in [4.78, 5) is 34.7. The average Bonchev–Trinajstić information content (AvgIpc) is 2.49. The normalized spacial score (nSPS) is 8.87. The highest BCUT2D eigenvalue weighted by Crippen LogP contribution is 2.13. The molecule has 0 amide bonds. The molecule has 0 spiro atoms. The molecule has 0 saturated carbocycles. The molecule has 0 saturated heterocycles. The van der Waals surface area contributed by atoms with Gasteiger partial charge in [-0.25, -0.2) is 19.4 Å². The van der Waals surface area contributed by atoms with Crippen LogP contribution in [0.2, 0.25) is 0 Å². The highest BCUT2D eigenvalue weighted by atomic mass is 19.4. The number of unbranched alkanes of at least 4 members (excludes halogenated alkanes) is 1. The largest absolute Gasteiger partial charge is 0.490 e. The van der Waals surface area contributed by atoms with Gasteiger partial charge in [-0.15, -0.1) is 0 Å². The summed E-state index contributed by atoms with van der Waals surface area (Å²) < 4.78 is 31.7. The monoisotopic (exact) mass is 332 g/mol. The first kappa shape index (κ1) is 22.5. The predicted octanol–water partition coefficient (Wildman–Crippen LogP) is 3.41. The zero-order chi connectivity index (χ0) is 18.1. The van der Waals surface area contributed by atoms with Gasteiger partial charge in [0.2, 0.25) is 12.2 Å². The van der Waals surface area contributed by atoms with Crippen molar-refractivity contribution < 1.29 is 32.7 Å². The average molecular weight is 332 g/mol. The first-order valence-corrected chi connectivity index (χ1v) is 6.26. The van der Waals surface area contributed by atoms with Crippen LogP contribution in [0.3, 0.4) is 0 Å². The number of nitrogens with zero attached hydrogens (tertiary/aromatic N) is 2. The molecule has 126 valence electrons. The maximum absolute atomic E-state index is 10.6. The molecule has 0 aliphatic heterocycles. The molecule has 0 heterocycles. The Morgan fingerprint density at radius 1 is 1.17 bits per heavy atom. The van der Waals surface area contributed by atoms with Crippen LogP contribution < -0.4 is 0 Å². The van der Waals surface area contributed by atoms with Crippen LogP contribution >= 0.6 is 0 Å². The van der Waals surface area contributed by atoms with Crippen LogP contribution in [0, 0.1) is 0 Å². The molecule has 6 nitrogen and oxygen atoms in total. The van der Waals surface area contributed by atoms with E-state index in [0.717, 1.165) is 12.8 Å². The first-order chi connectivity index (χ1) is 10.8. The number of rotatable bonds is 4. The van der Waals surface area contributed by atoms with E-state index >= 15 is 0 Å². The van der Waals surface area contributed by atoms with E-state index in [1.54, 1.807) is 12.1 Å². The Labute approximate surface area is 130 Å². The van der Waals surface area contributed by atoms with Crippen LogP contribution in [0.15, 0.2) is 40.3 Å². The molecular weight excluding hydrogens is 317 g/mol. The molecule has 0 aliphatic carbocycles. The van der Waals surface area contributed by atoms with Gasteiger partial charge in [0.15, 0.2) is 0 Å². The minimum absolute atomic E-state index is 0.639. The number of isocyanates is 2. The number of aliphatic imine (C=N–C) groups is 2. The molecule has 1 aromatic carbocycles. The second-order valence-electron chi connectivity index (χ2n) is 3.67. The lowest BCUT2D eigenvalue weighted by atomic mass is 10.3. The minimum atomic E-state index is -5.08. The Morgan fingerprint density at radius 3 is 2.04 bits per heavy atom. The van der Waals surface area contributed by atoms with Gasteiger partial charge in [-0.05, 0) is 18.6 Å². The SMILES string of the molecule is CCCCN=C=O.O=C(O)C(F)(F)F.O=C=Nc1ccccc1. The molecule has 0 fully saturated rings. The molecule has 1 N–H and O–H groups in total. The highest BCUT2D eigenvalue weighted by molar-refractivity contribution is 5.73. The number of carboxylic acids is 1. The van der Waals surface area contributed by atoms with Crippen LogP contribution in [0.1, 0.15) is 19.8 Å². The van der Waals surface area contributed by atoms with Gasteiger partial charge in [-0.2, -0.15) is 18.2 Å². The summed E-state index contributed by atoms with van der Waals surface area (Å²) in [6.45, 7) is 2.69. The fraction of sp³-hybridized carbons (Fsp3) is 0.357. The number of aliphatic carboxylic acids is 1. The van der Waals surface area contributed by atoms with Gasteiger partial charge in [0.05, 0.1) is 12.2 Å². The number of hydrogen-bond acceptors (Lipinski definition) is 5. The smallest absolute Gasteiger partial charge is 0.475 e. The van der Waals surface area contributed by atoms with Crippen LogP contribution in [0.5, 0.6) is 0 Å². The Bertz CT molecular complexity index is 535. The number of carboxylic acid groups (broad SMARTS) is 1. The van der Waals surface area contributed by atoms with Crippen LogP contribution in [0.4, 0.5) is 18.9 Å². The van der Waals surface area contributed by atoms with Crippen molar-refractivity contribution in [3.8, 4) is 0 Å². The molecule has 23 heavy (non-hydrogen) atoms. The number of alkyl halides is 3. The third-order valence-corrected chi connectivity index (χ3v) is 1.86. The van der Waals surface area contributed by atoms with E-state index in [0.29, 0.717) is 12.2 Å². The van der Waals surface area contributed by atoms with Gasteiger partial charge in [0.25, 0.3) is 0 Å². The minimum Gasteiger partial charge on any atom is -0.475 e. The standard InChI is InChI=1S/C7H5NO.C5H9NO.C2HF3O2/c9-6-8-7-4-2-1-3-5-7;1-2-3-4-6-5-7;3-2(4,5)1(6)7/h1-5H;2-4H2,1H3;(H,6,7). The van der Waals surface area contributed by atoms with E-state index in [1.165, 1.54) is 12.2 Å². The van der Waals surface area contributed by atoms with Crippen molar-refractivity contribution in [2.45, 2.75) is 25.9 Å². The van der Waals surface area contributed by atoms with Crippen LogP contribution in [0.25, 0.3) is 0 Å². The van der Waals surface area contributed by atoms with Crippen molar-refractivity contribution in [1.29, 1.82) is 0 Å². The number of para-hydroxylation sites is 1. The first-order valence-electron chi connectivity index (χ1n) is 6.26. The van der Waals surface area contributed by atoms with Crippen LogP contribution in [-0.4, -0.2) is 36.0 Å². The zero-order valence-corrected chi connectivity index (χ0v) is 12.2. The lowest BCUT2D eigenvalue weighted by Crippen LogP contribution is -2.21. The quantitative estimate of drug-likeness (QED) is 0.519. The van der Waals surface area contributed by atoms with Gasteiger partial charge < -0.3 is 5.11 Å². The number of carbonyl (C=O) groups is 1. The summed E-state index contributed by atoms with van der Waals surface area (Å²) in [5, 5.41) is 7.12. The number of halogens is 3. The van der Waals surface area contributed by atoms with Crippen molar-refractivity contribution in [2.75, 3.05) is 6.54 Å². The predicted molar refractivity (Wildman–Crippen MR) is 75.8 cm³/mol. The lowest BCUT2D eigenvalue weighted by molar-refractivity contribution is -0.192. The molecule has 0 atom stereocenters. The van der Waals surface area contributed by atoms with E-state index in [4.69, 9.17) is 9.90 Å². The fourth-order valence-electron chi connectivity index (χ4n) is 0.838. The Balaban J connectivity index is 0. The molecule has 1 aromatic rings. The molecule has 0 aromatic heterocycles. The van der Waals surface area contributed by atoms with E-state index < -0.39 is 12.1 Å². The molecule has 0 radical (unpaired) electrons. The Morgan fingerprint density at radius 2 is 1.70 bits per heavy atom. The third-order valence-electron chi connectivity index (χ3n) is 1.86. The Kier molecular flexibility index (Phi) is 13.9. The lowest BCUT2D eigenvalue weighted by Gasteiger charge is -1.93. The fourth-order valence-corrected chi connectivity index (χ4v) is 0.838. The van der Waals surface area contributed by atoms with Gasteiger partial charge in [-0.3, -0.25) is 0 Å². The van der Waals surface area contributed by atoms with Crippen molar-refractivity contribution >= 4 is 23.8 Å². The van der Waals surface area contributed by atoms with Gasteiger partial charge in [0, 0.05) is 0 Å². The van der Waals surface area contributed by atoms with Gasteiger partial charge >= 0.3 is 12.1 Å². The summed E-state index contributed by atoms with van der Waals surface area (Å²) in [6, 6.07) is 8.98. The molecule has 0 bridgehead atoms. The summed E-state index contributed by atoms with van der Waals surface area (Å²) in [5.41, 5.74) is 0.646. The summed E-state index contributed by atoms with van der Waals surface area (Å²) in [6.07, 6.45) is -0.0631. The maximum Gasteiger partial charge on any atom is 0.490 e. The molecule has 0 aliphatic rings. The van der Waals surface area contributed by atoms with Crippen molar-refractivity contribution in [3.63, 3.8) is 0 Å². The molecular formula is C14H15F3N2O4. The van der Waals surface area contributed by atoms with E-state index in [-0.39, 0.29) is 0 Å². The van der Waals surface area contributed by atoms with Crippen LogP contribution in [-0.2, 0) is 14.4 Å². The molecule has 0 unspecified atom stereocenters. The summed E-state index contributed by atoms with van der Waals surface area (Å²) >= 11 is 0. The van der Waals surface area contributed by atoms with Crippen molar-refractivity contribution in [3.05, 3.63) is 30.3 Å².